The highest BCUT2D eigenvalue weighted by Crippen LogP contribution is 2.27. The monoisotopic (exact) mass is 351 g/mol. The Morgan fingerprint density at radius 2 is 2.00 bits per heavy atom. The molecule has 0 saturated carbocycles. The normalized spacial score (nSPS) is 24.5. The van der Waals surface area contributed by atoms with Crippen molar-refractivity contribution in [2.45, 2.75) is 18.6 Å². The summed E-state index contributed by atoms with van der Waals surface area (Å²) in [5, 5.41) is 9.01. The largest absolute Gasteiger partial charge is 0.392 e. The highest BCUT2D eigenvalue weighted by molar-refractivity contribution is 5.94. The highest BCUT2D eigenvalue weighted by Gasteiger charge is 2.47. The number of aliphatic hydroxyl groups is 1. The maximum absolute atomic E-state index is 13.8. The molecular weight excluding hydrogens is 329 g/mol. The zero-order valence-electron chi connectivity index (χ0n) is 13.9. The Morgan fingerprint density at radius 1 is 1.28 bits per heavy atom. The van der Waals surface area contributed by atoms with Gasteiger partial charge in [0.2, 0.25) is 5.91 Å². The number of rotatable bonds is 4. The van der Waals surface area contributed by atoms with E-state index in [4.69, 9.17) is 15.6 Å². The first-order chi connectivity index (χ1) is 12.0. The number of nitrogens with two attached hydrogens (primary N) is 1. The number of hydrogen-bond donors (Lipinski definition) is 2. The van der Waals surface area contributed by atoms with Crippen LogP contribution in [0.15, 0.2) is 18.2 Å². The minimum absolute atomic E-state index is 0.158. The average Bonchev–Trinajstić information content (AvgIpc) is 3.12. The number of carbonyl (C=O) groups is 2. The molecule has 1 atom stereocenters. The standard InChI is InChI=1S/C17H22FN3O4/c18-14-9-12(1-2-13(14)10-22)15(23)20-4-6-21(7-5-20)17(16(19)24)3-8-25-11-17/h1-2,9,22H,3-8,10-11H2,(H2,19,24). The molecule has 2 heterocycles. The van der Waals surface area contributed by atoms with Gasteiger partial charge in [-0.05, 0) is 12.1 Å². The summed E-state index contributed by atoms with van der Waals surface area (Å²) in [4.78, 5) is 28.1. The van der Waals surface area contributed by atoms with E-state index in [0.29, 0.717) is 39.2 Å². The summed E-state index contributed by atoms with van der Waals surface area (Å²) in [5.74, 6) is -1.26. The van der Waals surface area contributed by atoms with Gasteiger partial charge < -0.3 is 20.5 Å². The third-order valence-electron chi connectivity index (χ3n) is 5.10. The fraction of sp³-hybridized carbons (Fsp3) is 0.529. The van der Waals surface area contributed by atoms with Crippen LogP contribution in [-0.4, -0.2) is 71.7 Å². The van der Waals surface area contributed by atoms with Crippen LogP contribution in [0.3, 0.4) is 0 Å². The van der Waals surface area contributed by atoms with E-state index in [1.54, 1.807) is 4.90 Å². The predicted molar refractivity (Wildman–Crippen MR) is 87.2 cm³/mol. The molecule has 8 heteroatoms. The quantitative estimate of drug-likeness (QED) is 0.778. The van der Waals surface area contributed by atoms with Crippen molar-refractivity contribution in [3.63, 3.8) is 0 Å². The lowest BCUT2D eigenvalue weighted by Crippen LogP contribution is -2.63. The molecule has 136 valence electrons. The lowest BCUT2D eigenvalue weighted by atomic mass is 9.94. The van der Waals surface area contributed by atoms with Crippen LogP contribution in [0.2, 0.25) is 0 Å². The Kier molecular flexibility index (Phi) is 5.03. The third-order valence-corrected chi connectivity index (χ3v) is 5.10. The van der Waals surface area contributed by atoms with Crippen molar-refractivity contribution in [1.29, 1.82) is 0 Å². The summed E-state index contributed by atoms with van der Waals surface area (Å²) in [6.07, 6.45) is 0.560. The first-order valence-electron chi connectivity index (χ1n) is 8.29. The zero-order valence-corrected chi connectivity index (χ0v) is 13.9. The molecule has 0 aliphatic carbocycles. The molecular formula is C17H22FN3O4. The number of halogens is 1. The number of primary amides is 1. The fourth-order valence-corrected chi connectivity index (χ4v) is 3.48. The highest BCUT2D eigenvalue weighted by atomic mass is 19.1. The van der Waals surface area contributed by atoms with E-state index < -0.39 is 23.9 Å². The minimum Gasteiger partial charge on any atom is -0.392 e. The summed E-state index contributed by atoms with van der Waals surface area (Å²) in [7, 11) is 0. The molecule has 2 aliphatic heterocycles. The maximum atomic E-state index is 13.8. The topological polar surface area (TPSA) is 96.1 Å². The molecule has 7 nitrogen and oxygen atoms in total. The number of benzene rings is 1. The van der Waals surface area contributed by atoms with Crippen molar-refractivity contribution >= 4 is 11.8 Å². The second-order valence-corrected chi connectivity index (χ2v) is 6.44. The molecule has 2 amide bonds. The van der Waals surface area contributed by atoms with Crippen LogP contribution in [0.1, 0.15) is 22.3 Å². The molecule has 0 spiro atoms. The minimum atomic E-state index is -0.788. The molecule has 1 aromatic carbocycles. The van der Waals surface area contributed by atoms with Crippen molar-refractivity contribution in [2.75, 3.05) is 39.4 Å². The Morgan fingerprint density at radius 3 is 2.52 bits per heavy atom. The molecule has 2 aliphatic rings. The zero-order chi connectivity index (χ0) is 18.0. The van der Waals surface area contributed by atoms with Gasteiger partial charge in [-0.2, -0.15) is 0 Å². The van der Waals surface area contributed by atoms with Crippen LogP contribution in [0.5, 0.6) is 0 Å². The van der Waals surface area contributed by atoms with Gasteiger partial charge in [-0.1, -0.05) is 6.07 Å². The summed E-state index contributed by atoms with van der Waals surface area (Å²) < 4.78 is 19.1. The van der Waals surface area contributed by atoms with Crippen LogP contribution in [-0.2, 0) is 16.1 Å². The number of ether oxygens (including phenoxy) is 1. The van der Waals surface area contributed by atoms with Gasteiger partial charge in [0.25, 0.3) is 5.91 Å². The number of amides is 2. The van der Waals surface area contributed by atoms with E-state index in [1.807, 2.05) is 4.90 Å². The van der Waals surface area contributed by atoms with Gasteiger partial charge in [0, 0.05) is 50.3 Å². The Bertz CT molecular complexity index is 668. The van der Waals surface area contributed by atoms with Gasteiger partial charge >= 0.3 is 0 Å². The van der Waals surface area contributed by atoms with Crippen molar-refractivity contribution in [3.05, 3.63) is 35.1 Å². The SMILES string of the molecule is NC(=O)C1(N2CCN(C(=O)c3ccc(CO)c(F)c3)CC2)CCOC1. The van der Waals surface area contributed by atoms with E-state index >= 15 is 0 Å². The molecule has 1 unspecified atom stereocenters. The summed E-state index contributed by atoms with van der Waals surface area (Å²) in [5.41, 5.74) is 5.21. The predicted octanol–water partition coefficient (Wildman–Crippen LogP) is -0.280. The van der Waals surface area contributed by atoms with E-state index in [0.717, 1.165) is 6.07 Å². The van der Waals surface area contributed by atoms with Crippen LogP contribution < -0.4 is 5.73 Å². The van der Waals surface area contributed by atoms with E-state index in [1.165, 1.54) is 12.1 Å². The van der Waals surface area contributed by atoms with Gasteiger partial charge in [-0.15, -0.1) is 0 Å². The van der Waals surface area contributed by atoms with E-state index in [-0.39, 0.29) is 23.6 Å². The number of carbonyl (C=O) groups excluding carboxylic acids is 2. The first-order valence-corrected chi connectivity index (χ1v) is 8.29. The van der Waals surface area contributed by atoms with Crippen molar-refractivity contribution < 1.29 is 23.8 Å². The summed E-state index contributed by atoms with van der Waals surface area (Å²) in [6.45, 7) is 2.25. The fourth-order valence-electron chi connectivity index (χ4n) is 3.48. The van der Waals surface area contributed by atoms with E-state index in [9.17, 15) is 14.0 Å². The number of aliphatic hydroxyl groups excluding tert-OH is 1. The van der Waals surface area contributed by atoms with Crippen LogP contribution in [0, 0.1) is 5.82 Å². The molecule has 0 bridgehead atoms. The molecule has 25 heavy (non-hydrogen) atoms. The number of hydrogen-bond acceptors (Lipinski definition) is 5. The second kappa shape index (κ2) is 7.07. The number of nitrogens with zero attached hydrogens (tertiary/aromatic N) is 2. The van der Waals surface area contributed by atoms with E-state index in [2.05, 4.69) is 0 Å². The van der Waals surface area contributed by atoms with Crippen molar-refractivity contribution in [1.82, 2.24) is 9.80 Å². The Hall–Kier alpha value is -2.03. The molecule has 2 saturated heterocycles. The van der Waals surface area contributed by atoms with Crippen LogP contribution in [0.4, 0.5) is 4.39 Å². The van der Waals surface area contributed by atoms with Gasteiger partial charge in [-0.3, -0.25) is 14.5 Å². The average molecular weight is 351 g/mol. The Balaban J connectivity index is 1.67. The number of piperazine rings is 1. The first kappa shape index (κ1) is 17.8. The lowest BCUT2D eigenvalue weighted by Gasteiger charge is -2.43. The van der Waals surface area contributed by atoms with Gasteiger partial charge in [-0.25, -0.2) is 4.39 Å². The maximum Gasteiger partial charge on any atom is 0.254 e. The van der Waals surface area contributed by atoms with Crippen LogP contribution >= 0.6 is 0 Å². The molecule has 1 aromatic rings. The second-order valence-electron chi connectivity index (χ2n) is 6.44. The molecule has 0 radical (unpaired) electrons. The molecule has 0 aromatic heterocycles. The molecule has 3 N–H and O–H groups in total. The lowest BCUT2D eigenvalue weighted by molar-refractivity contribution is -0.131. The smallest absolute Gasteiger partial charge is 0.254 e. The van der Waals surface area contributed by atoms with Gasteiger partial charge in [0.05, 0.1) is 13.2 Å². The summed E-state index contributed by atoms with van der Waals surface area (Å²) >= 11 is 0. The Labute approximate surface area is 145 Å². The molecule has 3 rings (SSSR count). The van der Waals surface area contributed by atoms with Crippen molar-refractivity contribution in [3.8, 4) is 0 Å². The molecule has 2 fully saturated rings. The summed E-state index contributed by atoms with van der Waals surface area (Å²) in [6, 6.07) is 4.08. The van der Waals surface area contributed by atoms with Gasteiger partial charge in [0.1, 0.15) is 11.4 Å². The third kappa shape index (κ3) is 3.24. The van der Waals surface area contributed by atoms with Crippen LogP contribution in [0.25, 0.3) is 0 Å². The van der Waals surface area contributed by atoms with Crippen molar-refractivity contribution in [2.24, 2.45) is 5.73 Å². The van der Waals surface area contributed by atoms with Gasteiger partial charge in [0.15, 0.2) is 0 Å².